The number of hydrogen-bond acceptors (Lipinski definition) is 4. The Hall–Kier alpha value is -7.24. The quantitative estimate of drug-likeness (QED) is 0.176. The maximum atomic E-state index is 5.17. The lowest BCUT2D eigenvalue weighted by molar-refractivity contribution is 1.18. The molecule has 0 bridgehead atoms. The maximum Gasteiger partial charge on any atom is 0.160 e. The van der Waals surface area contributed by atoms with Crippen LogP contribution in [-0.4, -0.2) is 24.3 Å². The summed E-state index contributed by atoms with van der Waals surface area (Å²) < 4.78 is 2.14. The van der Waals surface area contributed by atoms with Crippen molar-refractivity contribution in [3.05, 3.63) is 188 Å². The molecular formula is C48H31N5. The lowest BCUT2D eigenvalue weighted by Gasteiger charge is -2.12. The fourth-order valence-electron chi connectivity index (χ4n) is 7.18. The molecule has 4 heterocycles. The average molecular weight is 678 g/mol. The van der Waals surface area contributed by atoms with Gasteiger partial charge in [-0.25, -0.2) is 19.9 Å². The summed E-state index contributed by atoms with van der Waals surface area (Å²) in [6, 6.07) is 62.9. The number of para-hydroxylation sites is 1. The van der Waals surface area contributed by atoms with Crippen molar-refractivity contribution >= 4 is 27.6 Å². The van der Waals surface area contributed by atoms with Gasteiger partial charge in [-0.05, 0) is 58.7 Å². The van der Waals surface area contributed by atoms with Crippen LogP contribution in [0.2, 0.25) is 0 Å². The summed E-state index contributed by atoms with van der Waals surface area (Å²) in [7, 11) is 0. The fourth-order valence-corrected chi connectivity index (χ4v) is 7.18. The zero-order chi connectivity index (χ0) is 35.1. The van der Waals surface area contributed by atoms with Gasteiger partial charge in [-0.1, -0.05) is 146 Å². The Balaban J connectivity index is 1.05. The molecule has 0 atom stereocenters. The van der Waals surface area contributed by atoms with E-state index in [0.29, 0.717) is 5.82 Å². The topological polar surface area (TPSA) is 56.0 Å². The van der Waals surface area contributed by atoms with Gasteiger partial charge < -0.3 is 0 Å². The van der Waals surface area contributed by atoms with Crippen molar-refractivity contribution in [2.24, 2.45) is 0 Å². The van der Waals surface area contributed by atoms with Crippen molar-refractivity contribution in [1.29, 1.82) is 0 Å². The zero-order valence-electron chi connectivity index (χ0n) is 28.6. The van der Waals surface area contributed by atoms with Gasteiger partial charge in [0.2, 0.25) is 0 Å². The third kappa shape index (κ3) is 5.61. The van der Waals surface area contributed by atoms with Crippen molar-refractivity contribution < 1.29 is 0 Å². The molecule has 0 aliphatic heterocycles. The fraction of sp³-hybridized carbons (Fsp3) is 0. The molecule has 0 fully saturated rings. The molecule has 10 aromatic rings. The Morgan fingerprint density at radius 2 is 0.925 bits per heavy atom. The van der Waals surface area contributed by atoms with Crippen LogP contribution >= 0.6 is 0 Å². The molecule has 0 unspecified atom stereocenters. The van der Waals surface area contributed by atoms with Gasteiger partial charge in [0.25, 0.3) is 0 Å². The first kappa shape index (κ1) is 30.6. The maximum absolute atomic E-state index is 5.17. The van der Waals surface area contributed by atoms with E-state index in [1.54, 1.807) is 0 Å². The molecule has 4 aromatic heterocycles. The minimum atomic E-state index is 0.681. The monoisotopic (exact) mass is 677 g/mol. The molecule has 0 N–H and O–H groups in total. The van der Waals surface area contributed by atoms with Crippen molar-refractivity contribution in [2.45, 2.75) is 0 Å². The molecule has 0 spiro atoms. The second-order valence-electron chi connectivity index (χ2n) is 13.1. The first-order valence-electron chi connectivity index (χ1n) is 17.7. The first-order valence-corrected chi connectivity index (χ1v) is 17.7. The molecule has 10 rings (SSSR count). The molecule has 0 saturated carbocycles. The van der Waals surface area contributed by atoms with Gasteiger partial charge in [0.05, 0.1) is 28.1 Å². The summed E-state index contributed by atoms with van der Waals surface area (Å²) in [6.45, 7) is 0. The number of fused-ring (bicyclic) bond motifs is 5. The van der Waals surface area contributed by atoms with E-state index in [1.165, 1.54) is 5.56 Å². The molecule has 0 aliphatic rings. The summed E-state index contributed by atoms with van der Waals surface area (Å²) >= 11 is 0. The van der Waals surface area contributed by atoms with Gasteiger partial charge in [0.1, 0.15) is 11.2 Å². The summed E-state index contributed by atoms with van der Waals surface area (Å²) in [5.74, 6) is 0.681. The van der Waals surface area contributed by atoms with Gasteiger partial charge in [0, 0.05) is 33.8 Å². The molecule has 0 aliphatic carbocycles. The molecule has 0 saturated heterocycles. The van der Waals surface area contributed by atoms with E-state index in [0.717, 1.165) is 83.6 Å². The van der Waals surface area contributed by atoms with E-state index >= 15 is 0 Å². The van der Waals surface area contributed by atoms with E-state index in [-0.39, 0.29) is 0 Å². The van der Waals surface area contributed by atoms with E-state index < -0.39 is 0 Å². The van der Waals surface area contributed by atoms with Gasteiger partial charge >= 0.3 is 0 Å². The highest BCUT2D eigenvalue weighted by molar-refractivity contribution is 6.09. The lowest BCUT2D eigenvalue weighted by atomic mass is 9.99. The summed E-state index contributed by atoms with van der Waals surface area (Å²) in [4.78, 5) is 20.5. The predicted molar refractivity (Wildman–Crippen MR) is 216 cm³/mol. The average Bonchev–Trinajstić information content (AvgIpc) is 3.64. The molecule has 6 aromatic carbocycles. The van der Waals surface area contributed by atoms with Crippen LogP contribution in [0, 0.1) is 0 Å². The van der Waals surface area contributed by atoms with Gasteiger partial charge in [-0.3, -0.25) is 4.40 Å². The number of rotatable bonds is 6. The van der Waals surface area contributed by atoms with Gasteiger partial charge in [0.15, 0.2) is 5.82 Å². The molecule has 5 heteroatoms. The standard InChI is InChI=1S/C48H31N5/c1-3-13-32(14-4-1)36-17-11-19-38(29-36)43-31-42(34-15-5-2-6-16-34)50-48(51-43)39-20-12-18-37(30-39)33-24-26-35(27-25-33)45-47-46(40-21-7-8-22-41(40)49-45)52-44-23-9-10-28-53(44)47/h1-31H. The number of benzene rings is 6. The molecule has 0 radical (unpaired) electrons. The van der Waals surface area contributed by atoms with Crippen molar-refractivity contribution in [1.82, 2.24) is 24.3 Å². The third-order valence-electron chi connectivity index (χ3n) is 9.82. The van der Waals surface area contributed by atoms with Crippen LogP contribution in [-0.2, 0) is 0 Å². The van der Waals surface area contributed by atoms with Crippen molar-refractivity contribution in [2.75, 3.05) is 0 Å². The summed E-state index contributed by atoms with van der Waals surface area (Å²) in [5.41, 5.74) is 15.0. The Bertz CT molecular complexity index is 2930. The highest BCUT2D eigenvalue weighted by Crippen LogP contribution is 2.35. The van der Waals surface area contributed by atoms with Crippen molar-refractivity contribution in [3.8, 4) is 67.4 Å². The van der Waals surface area contributed by atoms with Crippen LogP contribution in [0.3, 0.4) is 0 Å². The molecule has 248 valence electrons. The largest absolute Gasteiger partial charge is 0.298 e. The number of aromatic nitrogens is 5. The zero-order valence-corrected chi connectivity index (χ0v) is 28.6. The minimum absolute atomic E-state index is 0.681. The van der Waals surface area contributed by atoms with E-state index in [4.69, 9.17) is 19.9 Å². The van der Waals surface area contributed by atoms with Crippen LogP contribution in [0.25, 0.3) is 95.0 Å². The van der Waals surface area contributed by atoms with Gasteiger partial charge in [-0.15, -0.1) is 0 Å². The molecule has 0 amide bonds. The number of hydrogen-bond donors (Lipinski definition) is 0. The summed E-state index contributed by atoms with van der Waals surface area (Å²) in [5, 5.41) is 1.05. The normalized spacial score (nSPS) is 11.4. The second kappa shape index (κ2) is 12.8. The lowest BCUT2D eigenvalue weighted by Crippen LogP contribution is -1.96. The highest BCUT2D eigenvalue weighted by atomic mass is 15.0. The van der Waals surface area contributed by atoms with Crippen LogP contribution in [0.15, 0.2) is 188 Å². The molecule has 53 heavy (non-hydrogen) atoms. The minimum Gasteiger partial charge on any atom is -0.298 e. The first-order chi connectivity index (χ1) is 26.2. The number of pyridine rings is 2. The van der Waals surface area contributed by atoms with E-state index in [2.05, 4.69) is 138 Å². The smallest absolute Gasteiger partial charge is 0.160 e. The van der Waals surface area contributed by atoms with E-state index in [1.807, 2.05) is 54.6 Å². The second-order valence-corrected chi connectivity index (χ2v) is 13.1. The Morgan fingerprint density at radius 1 is 0.358 bits per heavy atom. The number of nitrogens with zero attached hydrogens (tertiary/aromatic N) is 5. The van der Waals surface area contributed by atoms with Crippen LogP contribution in [0.1, 0.15) is 0 Å². The Labute approximate surface area is 306 Å². The number of imidazole rings is 1. The Kier molecular flexibility index (Phi) is 7.40. The van der Waals surface area contributed by atoms with Crippen LogP contribution in [0.4, 0.5) is 0 Å². The SMILES string of the molecule is c1ccc(-c2cccc(-c3cc(-c4ccccc4)nc(-c4cccc(-c5ccc(-c6nc7ccccc7c7nc8ccccn8c67)cc5)c4)n3)c2)cc1. The molecule has 5 nitrogen and oxygen atoms in total. The third-order valence-corrected chi connectivity index (χ3v) is 9.82. The summed E-state index contributed by atoms with van der Waals surface area (Å²) in [6.07, 6.45) is 2.06. The predicted octanol–water partition coefficient (Wildman–Crippen LogP) is 11.8. The van der Waals surface area contributed by atoms with Crippen LogP contribution in [0.5, 0.6) is 0 Å². The van der Waals surface area contributed by atoms with Crippen molar-refractivity contribution in [3.63, 3.8) is 0 Å². The molecular weight excluding hydrogens is 647 g/mol. The van der Waals surface area contributed by atoms with Crippen LogP contribution < -0.4 is 0 Å². The highest BCUT2D eigenvalue weighted by Gasteiger charge is 2.17. The Morgan fingerprint density at radius 3 is 1.70 bits per heavy atom. The van der Waals surface area contributed by atoms with Gasteiger partial charge in [-0.2, -0.15) is 0 Å². The van der Waals surface area contributed by atoms with E-state index in [9.17, 15) is 0 Å².